The van der Waals surface area contributed by atoms with E-state index in [-0.39, 0.29) is 11.3 Å². The number of aromatic hydroxyl groups is 1. The van der Waals surface area contributed by atoms with Gasteiger partial charge in [-0.1, -0.05) is 6.92 Å². The second-order valence-electron chi connectivity index (χ2n) is 5.36. The summed E-state index contributed by atoms with van der Waals surface area (Å²) in [5, 5.41) is 10.5. The molecule has 2 rings (SSSR count). The monoisotopic (exact) mass is 288 g/mol. The molecule has 0 atom stereocenters. The number of amides is 1. The summed E-state index contributed by atoms with van der Waals surface area (Å²) in [6.45, 7) is 9.41. The van der Waals surface area contributed by atoms with Gasteiger partial charge < -0.3 is 15.2 Å². The van der Waals surface area contributed by atoms with Gasteiger partial charge in [-0.15, -0.1) is 0 Å². The van der Waals surface area contributed by atoms with Crippen molar-refractivity contribution in [3.8, 4) is 5.75 Å². The zero-order valence-electron chi connectivity index (χ0n) is 13.0. The maximum atomic E-state index is 12.2. The standard InChI is InChI=1S/C16H20N2O3/c1-6-11-9(4)12(15(20)16(17)21)13-14(19)8(3)7(2)10(5)18(11)13/h19H,6H2,1-5H3,(H2,17,21). The van der Waals surface area contributed by atoms with Crippen LogP contribution in [0.15, 0.2) is 0 Å². The minimum atomic E-state index is -1.01. The Kier molecular flexibility index (Phi) is 3.53. The largest absolute Gasteiger partial charge is 0.505 e. The Hall–Kier alpha value is -2.30. The van der Waals surface area contributed by atoms with Gasteiger partial charge in [-0.3, -0.25) is 9.59 Å². The number of rotatable bonds is 3. The van der Waals surface area contributed by atoms with Crippen LogP contribution in [0, 0.1) is 27.7 Å². The highest BCUT2D eigenvalue weighted by Crippen LogP contribution is 2.36. The number of hydrogen-bond donors (Lipinski definition) is 2. The summed E-state index contributed by atoms with van der Waals surface area (Å²) in [7, 11) is 0. The number of nitrogens with zero attached hydrogens (tertiary/aromatic N) is 1. The van der Waals surface area contributed by atoms with Crippen LogP contribution in [0.4, 0.5) is 0 Å². The highest BCUT2D eigenvalue weighted by molar-refractivity contribution is 6.44. The number of fused-ring (bicyclic) bond motifs is 1. The van der Waals surface area contributed by atoms with Crippen molar-refractivity contribution in [2.24, 2.45) is 5.73 Å². The van der Waals surface area contributed by atoms with Crippen molar-refractivity contribution in [2.45, 2.75) is 41.0 Å². The van der Waals surface area contributed by atoms with Crippen LogP contribution in [0.1, 0.15) is 45.4 Å². The highest BCUT2D eigenvalue weighted by Gasteiger charge is 2.27. The third-order valence-corrected chi connectivity index (χ3v) is 4.34. The zero-order chi connectivity index (χ0) is 16.1. The molecule has 1 amide bonds. The van der Waals surface area contributed by atoms with E-state index in [1.54, 1.807) is 13.8 Å². The number of aryl methyl sites for hydroxylation is 2. The van der Waals surface area contributed by atoms with E-state index in [4.69, 9.17) is 5.73 Å². The van der Waals surface area contributed by atoms with Crippen LogP contribution < -0.4 is 5.73 Å². The number of hydrogen-bond acceptors (Lipinski definition) is 3. The Balaban J connectivity index is 3.11. The fourth-order valence-electron chi connectivity index (χ4n) is 2.95. The first-order valence-corrected chi connectivity index (χ1v) is 6.90. The minimum Gasteiger partial charge on any atom is -0.505 e. The SMILES string of the molecule is CCc1c(C)c(C(=O)C(N)=O)c2c(O)c(C)c(C)c(C)n12. The molecule has 0 aliphatic rings. The van der Waals surface area contributed by atoms with E-state index in [0.717, 1.165) is 17.0 Å². The number of pyridine rings is 1. The van der Waals surface area contributed by atoms with Gasteiger partial charge in [-0.2, -0.15) is 0 Å². The lowest BCUT2D eigenvalue weighted by Gasteiger charge is -2.14. The first-order valence-electron chi connectivity index (χ1n) is 6.90. The lowest BCUT2D eigenvalue weighted by atomic mass is 10.0. The van der Waals surface area contributed by atoms with Crippen LogP contribution in [0.3, 0.4) is 0 Å². The van der Waals surface area contributed by atoms with E-state index in [9.17, 15) is 14.7 Å². The van der Waals surface area contributed by atoms with Gasteiger partial charge in [0.15, 0.2) is 0 Å². The van der Waals surface area contributed by atoms with Gasteiger partial charge in [-0.25, -0.2) is 0 Å². The molecular formula is C16H20N2O3. The van der Waals surface area contributed by atoms with Crippen LogP contribution >= 0.6 is 0 Å². The topological polar surface area (TPSA) is 84.8 Å². The summed E-state index contributed by atoms with van der Waals surface area (Å²) in [5.41, 5.74) is 9.97. The molecule has 0 aliphatic heterocycles. The Morgan fingerprint density at radius 3 is 2.14 bits per heavy atom. The van der Waals surface area contributed by atoms with Crippen molar-refractivity contribution in [1.29, 1.82) is 0 Å². The number of carbonyl (C=O) groups is 2. The highest BCUT2D eigenvalue weighted by atomic mass is 16.3. The normalized spacial score (nSPS) is 11.1. The smallest absolute Gasteiger partial charge is 0.289 e. The molecule has 5 heteroatoms. The maximum absolute atomic E-state index is 12.2. The van der Waals surface area contributed by atoms with Gasteiger partial charge in [0.1, 0.15) is 5.75 Å². The van der Waals surface area contributed by atoms with Crippen molar-refractivity contribution in [1.82, 2.24) is 4.40 Å². The van der Waals surface area contributed by atoms with Crippen LogP contribution in [0.2, 0.25) is 0 Å². The third-order valence-electron chi connectivity index (χ3n) is 4.34. The van der Waals surface area contributed by atoms with Crippen LogP contribution in [-0.4, -0.2) is 21.2 Å². The lowest BCUT2D eigenvalue weighted by Crippen LogP contribution is -2.23. The van der Waals surface area contributed by atoms with Crippen molar-refractivity contribution in [3.05, 3.63) is 33.6 Å². The minimum absolute atomic E-state index is 0.0329. The summed E-state index contributed by atoms with van der Waals surface area (Å²) in [4.78, 5) is 23.5. The molecule has 2 heterocycles. The number of nitrogens with two attached hydrogens (primary N) is 1. The second-order valence-corrected chi connectivity index (χ2v) is 5.36. The van der Waals surface area contributed by atoms with Gasteiger partial charge in [-0.05, 0) is 50.8 Å². The quantitative estimate of drug-likeness (QED) is 0.670. The van der Waals surface area contributed by atoms with Gasteiger partial charge in [0, 0.05) is 11.4 Å². The molecule has 0 fully saturated rings. The maximum Gasteiger partial charge on any atom is 0.289 e. The van der Waals surface area contributed by atoms with E-state index < -0.39 is 11.7 Å². The van der Waals surface area contributed by atoms with Crippen LogP contribution in [0.5, 0.6) is 5.75 Å². The molecule has 0 spiro atoms. The second kappa shape index (κ2) is 4.91. The Morgan fingerprint density at radius 1 is 1.10 bits per heavy atom. The molecule has 2 aromatic rings. The number of ketones is 1. The van der Waals surface area contributed by atoms with E-state index in [2.05, 4.69) is 0 Å². The molecular weight excluding hydrogens is 268 g/mol. The summed E-state index contributed by atoms with van der Waals surface area (Å²) in [5.74, 6) is -1.74. The predicted octanol–water partition coefficient (Wildman–Crippen LogP) is 2.11. The molecule has 0 bridgehead atoms. The van der Waals surface area contributed by atoms with Gasteiger partial charge in [0.05, 0.1) is 11.1 Å². The van der Waals surface area contributed by atoms with Gasteiger partial charge in [0.2, 0.25) is 0 Å². The molecule has 0 saturated heterocycles. The van der Waals surface area contributed by atoms with E-state index in [1.807, 2.05) is 25.2 Å². The predicted molar refractivity (Wildman–Crippen MR) is 80.9 cm³/mol. The Bertz CT molecular complexity index is 785. The number of carbonyl (C=O) groups excluding carboxylic acids is 2. The molecule has 21 heavy (non-hydrogen) atoms. The first-order chi connectivity index (χ1) is 9.73. The number of primary amides is 1. The van der Waals surface area contributed by atoms with Crippen LogP contribution in [-0.2, 0) is 11.2 Å². The van der Waals surface area contributed by atoms with Crippen molar-refractivity contribution < 1.29 is 14.7 Å². The third kappa shape index (κ3) is 1.92. The number of Topliss-reactive ketones (excluding diaryl/α,β-unsaturated/α-hetero) is 1. The van der Waals surface area contributed by atoms with E-state index in [0.29, 0.717) is 23.1 Å². The summed E-state index contributed by atoms with van der Waals surface area (Å²) < 4.78 is 1.86. The molecule has 0 aromatic carbocycles. The molecule has 3 N–H and O–H groups in total. The molecule has 5 nitrogen and oxygen atoms in total. The number of aromatic nitrogens is 1. The van der Waals surface area contributed by atoms with Crippen molar-refractivity contribution >= 4 is 17.2 Å². The van der Waals surface area contributed by atoms with Crippen LogP contribution in [0.25, 0.3) is 5.52 Å². The molecule has 0 saturated carbocycles. The Labute approximate surface area is 123 Å². The van der Waals surface area contributed by atoms with E-state index in [1.165, 1.54) is 0 Å². The first kappa shape index (κ1) is 15.1. The fourth-order valence-corrected chi connectivity index (χ4v) is 2.95. The summed E-state index contributed by atoms with van der Waals surface area (Å²) >= 11 is 0. The van der Waals surface area contributed by atoms with Crippen molar-refractivity contribution in [2.75, 3.05) is 0 Å². The average molecular weight is 288 g/mol. The zero-order valence-corrected chi connectivity index (χ0v) is 13.0. The molecule has 112 valence electrons. The van der Waals surface area contributed by atoms with Crippen molar-refractivity contribution in [3.63, 3.8) is 0 Å². The van der Waals surface area contributed by atoms with Gasteiger partial charge in [0.25, 0.3) is 11.7 Å². The fraction of sp³-hybridized carbons (Fsp3) is 0.375. The average Bonchev–Trinajstić information content (AvgIpc) is 2.74. The summed E-state index contributed by atoms with van der Waals surface area (Å²) in [6.07, 6.45) is 0.682. The summed E-state index contributed by atoms with van der Waals surface area (Å²) in [6, 6.07) is 0. The van der Waals surface area contributed by atoms with Gasteiger partial charge >= 0.3 is 0 Å². The molecule has 0 aliphatic carbocycles. The molecule has 0 radical (unpaired) electrons. The Morgan fingerprint density at radius 2 is 1.67 bits per heavy atom. The lowest BCUT2D eigenvalue weighted by molar-refractivity contribution is -0.114. The van der Waals surface area contributed by atoms with E-state index >= 15 is 0 Å². The molecule has 0 unspecified atom stereocenters. The molecule has 2 aromatic heterocycles.